The van der Waals surface area contributed by atoms with Gasteiger partial charge < -0.3 is 10.1 Å². The van der Waals surface area contributed by atoms with E-state index in [0.29, 0.717) is 12.1 Å². The van der Waals surface area contributed by atoms with Crippen LogP contribution in [0.25, 0.3) is 0 Å². The van der Waals surface area contributed by atoms with Gasteiger partial charge in [-0.1, -0.05) is 48.5 Å². The van der Waals surface area contributed by atoms with E-state index < -0.39 is 5.82 Å². The Hall–Kier alpha value is -4.04. The lowest BCUT2D eigenvalue weighted by molar-refractivity contribution is -0.134. The van der Waals surface area contributed by atoms with Crippen molar-refractivity contribution in [3.8, 4) is 5.75 Å². The summed E-state index contributed by atoms with van der Waals surface area (Å²) in [4.78, 5) is 27.3. The van der Waals surface area contributed by atoms with Gasteiger partial charge >= 0.3 is 0 Å². The lowest BCUT2D eigenvalue weighted by Crippen LogP contribution is -2.39. The molecule has 0 saturated carbocycles. The molecule has 0 unspecified atom stereocenters. The zero-order valence-corrected chi connectivity index (χ0v) is 19.6. The first-order chi connectivity index (χ1) is 16.9. The topological polar surface area (TPSA) is 74.2 Å². The Morgan fingerprint density at radius 2 is 1.80 bits per heavy atom. The van der Waals surface area contributed by atoms with Gasteiger partial charge in [-0.15, -0.1) is 0 Å². The lowest BCUT2D eigenvalue weighted by atomic mass is 9.98. The van der Waals surface area contributed by atoms with Crippen molar-refractivity contribution in [1.82, 2.24) is 9.91 Å². The Labute approximate surface area is 203 Å². The average Bonchev–Trinajstić information content (AvgIpc) is 3.30. The quantitative estimate of drug-likeness (QED) is 0.534. The number of amides is 2. The summed E-state index contributed by atoms with van der Waals surface area (Å²) in [5, 5.41) is 8.82. The Kier molecular flexibility index (Phi) is 7.52. The first kappa shape index (κ1) is 24.1. The third kappa shape index (κ3) is 6.10. The van der Waals surface area contributed by atoms with Crippen LogP contribution in [0.4, 0.5) is 10.1 Å². The molecule has 0 fully saturated rings. The number of hydrazone groups is 1. The van der Waals surface area contributed by atoms with Gasteiger partial charge in [0.2, 0.25) is 5.91 Å². The van der Waals surface area contributed by atoms with Crippen LogP contribution in [0.15, 0.2) is 84.0 Å². The van der Waals surface area contributed by atoms with Crippen molar-refractivity contribution in [2.45, 2.75) is 12.5 Å². The van der Waals surface area contributed by atoms with Crippen LogP contribution in [-0.4, -0.2) is 54.7 Å². The van der Waals surface area contributed by atoms with Gasteiger partial charge in [0.15, 0.2) is 0 Å². The molecule has 1 heterocycles. The van der Waals surface area contributed by atoms with Gasteiger partial charge in [0.05, 0.1) is 32.0 Å². The summed E-state index contributed by atoms with van der Waals surface area (Å²) in [6, 6.07) is 22.8. The molecule has 0 bridgehead atoms. The van der Waals surface area contributed by atoms with E-state index in [-0.39, 0.29) is 30.9 Å². The van der Waals surface area contributed by atoms with Crippen LogP contribution in [-0.2, 0) is 9.59 Å². The van der Waals surface area contributed by atoms with E-state index in [1.165, 1.54) is 23.2 Å². The molecule has 3 aromatic carbocycles. The summed E-state index contributed by atoms with van der Waals surface area (Å²) in [6.45, 7) is -0.0344. The number of hydrogen-bond donors (Lipinski definition) is 1. The minimum atomic E-state index is -0.433. The molecule has 0 saturated heterocycles. The molecule has 35 heavy (non-hydrogen) atoms. The van der Waals surface area contributed by atoms with Gasteiger partial charge in [0.25, 0.3) is 5.91 Å². The van der Waals surface area contributed by atoms with Gasteiger partial charge in [-0.25, -0.2) is 9.40 Å². The molecule has 0 aliphatic carbocycles. The monoisotopic (exact) mass is 474 g/mol. The summed E-state index contributed by atoms with van der Waals surface area (Å²) in [5.74, 6) is -0.264. The second-order valence-corrected chi connectivity index (χ2v) is 8.37. The van der Waals surface area contributed by atoms with Gasteiger partial charge in [-0.05, 0) is 48.5 Å². The predicted octanol–water partition coefficient (Wildman–Crippen LogP) is 4.08. The molecule has 8 heteroatoms. The Balaban J connectivity index is 1.46. The minimum absolute atomic E-state index is 0.00516. The zero-order valence-electron chi connectivity index (χ0n) is 19.6. The molecule has 1 atom stereocenters. The number of nitrogens with zero attached hydrogens (tertiary/aromatic N) is 3. The summed E-state index contributed by atoms with van der Waals surface area (Å²) in [5.41, 5.74) is 3.10. The Morgan fingerprint density at radius 1 is 1.06 bits per heavy atom. The lowest BCUT2D eigenvalue weighted by Gasteiger charge is -2.24. The SMILES string of the molecule is COc1ccc([C@@H]2CC(c3ccccc3)=NN2C(=O)CN(C)CC(=O)Nc2cccc(F)c2)cc1. The van der Waals surface area contributed by atoms with E-state index in [1.807, 2.05) is 54.6 Å². The van der Waals surface area contributed by atoms with Crippen LogP contribution in [0.2, 0.25) is 0 Å². The zero-order chi connectivity index (χ0) is 24.8. The first-order valence-corrected chi connectivity index (χ1v) is 11.3. The minimum Gasteiger partial charge on any atom is -0.497 e. The molecule has 2 amide bonds. The molecule has 0 radical (unpaired) electrons. The third-order valence-corrected chi connectivity index (χ3v) is 5.70. The molecule has 4 rings (SSSR count). The first-order valence-electron chi connectivity index (χ1n) is 11.3. The van der Waals surface area contributed by atoms with Crippen LogP contribution >= 0.6 is 0 Å². The smallest absolute Gasteiger partial charge is 0.257 e. The fraction of sp³-hybridized carbons (Fsp3) is 0.222. The number of benzene rings is 3. The van der Waals surface area contributed by atoms with Crippen LogP contribution in [0, 0.1) is 5.82 Å². The standard InChI is InChI=1S/C27H27FN4O3/c1-31(17-26(33)29-22-10-6-9-21(28)15-22)18-27(34)32-25(20-11-13-23(35-2)14-12-20)16-24(30-32)19-7-4-3-5-8-19/h3-15,25H,16-18H2,1-2H3,(H,29,33)/t25-/m0/s1. The highest BCUT2D eigenvalue weighted by molar-refractivity contribution is 6.03. The molecule has 0 aromatic heterocycles. The van der Waals surface area contributed by atoms with E-state index in [9.17, 15) is 14.0 Å². The van der Waals surface area contributed by atoms with Crippen molar-refractivity contribution in [3.63, 3.8) is 0 Å². The van der Waals surface area contributed by atoms with E-state index in [0.717, 1.165) is 22.6 Å². The fourth-order valence-corrected chi connectivity index (χ4v) is 4.00. The summed E-state index contributed by atoms with van der Waals surface area (Å²) < 4.78 is 18.6. The largest absolute Gasteiger partial charge is 0.497 e. The van der Waals surface area contributed by atoms with Gasteiger partial charge in [0.1, 0.15) is 11.6 Å². The van der Waals surface area contributed by atoms with E-state index in [2.05, 4.69) is 10.4 Å². The molecular weight excluding hydrogens is 447 g/mol. The second kappa shape index (κ2) is 10.9. The Morgan fingerprint density at radius 3 is 2.49 bits per heavy atom. The summed E-state index contributed by atoms with van der Waals surface area (Å²) in [6.07, 6.45) is 0.575. The van der Waals surface area contributed by atoms with Crippen LogP contribution < -0.4 is 10.1 Å². The molecule has 3 aromatic rings. The van der Waals surface area contributed by atoms with Crippen molar-refractivity contribution < 1.29 is 18.7 Å². The third-order valence-electron chi connectivity index (χ3n) is 5.70. The molecule has 180 valence electrons. The highest BCUT2D eigenvalue weighted by atomic mass is 19.1. The van der Waals surface area contributed by atoms with Crippen LogP contribution in [0.1, 0.15) is 23.6 Å². The van der Waals surface area contributed by atoms with Crippen molar-refractivity contribution in [2.75, 3.05) is 32.6 Å². The van der Waals surface area contributed by atoms with E-state index >= 15 is 0 Å². The molecule has 1 aliphatic heterocycles. The second-order valence-electron chi connectivity index (χ2n) is 8.37. The van der Waals surface area contributed by atoms with Crippen molar-refractivity contribution in [2.24, 2.45) is 5.10 Å². The summed E-state index contributed by atoms with van der Waals surface area (Å²) in [7, 11) is 3.29. The van der Waals surface area contributed by atoms with Crippen LogP contribution in [0.5, 0.6) is 5.75 Å². The molecule has 1 aliphatic rings. The van der Waals surface area contributed by atoms with Gasteiger partial charge in [0, 0.05) is 12.1 Å². The average molecular weight is 475 g/mol. The van der Waals surface area contributed by atoms with Gasteiger partial charge in [-0.2, -0.15) is 5.10 Å². The number of nitrogens with one attached hydrogen (secondary N) is 1. The maximum atomic E-state index is 13.4. The van der Waals surface area contributed by atoms with Crippen molar-refractivity contribution in [1.29, 1.82) is 0 Å². The van der Waals surface area contributed by atoms with E-state index in [1.54, 1.807) is 25.1 Å². The normalized spacial score (nSPS) is 15.1. The molecule has 1 N–H and O–H groups in total. The highest BCUT2D eigenvalue weighted by Crippen LogP contribution is 2.33. The number of anilines is 1. The number of hydrogen-bond acceptors (Lipinski definition) is 5. The maximum absolute atomic E-state index is 13.4. The highest BCUT2D eigenvalue weighted by Gasteiger charge is 2.33. The fourth-order valence-electron chi connectivity index (χ4n) is 4.00. The summed E-state index contributed by atoms with van der Waals surface area (Å²) >= 11 is 0. The molecule has 7 nitrogen and oxygen atoms in total. The number of carbonyl (C=O) groups excluding carboxylic acids is 2. The Bertz CT molecular complexity index is 1210. The number of ether oxygens (including phenoxy) is 1. The van der Waals surface area contributed by atoms with Crippen LogP contribution in [0.3, 0.4) is 0 Å². The number of carbonyl (C=O) groups is 2. The number of methoxy groups -OCH3 is 1. The maximum Gasteiger partial charge on any atom is 0.257 e. The number of halogens is 1. The van der Waals surface area contributed by atoms with Crippen molar-refractivity contribution in [3.05, 3.63) is 95.8 Å². The van der Waals surface area contributed by atoms with Crippen molar-refractivity contribution >= 4 is 23.2 Å². The molecule has 0 spiro atoms. The van der Waals surface area contributed by atoms with E-state index in [4.69, 9.17) is 4.74 Å². The number of likely N-dealkylation sites (N-methyl/N-ethyl adjacent to an activating group) is 1. The predicted molar refractivity (Wildman–Crippen MR) is 133 cm³/mol. The number of rotatable bonds is 8. The molecular formula is C27H27FN4O3. The van der Waals surface area contributed by atoms with Gasteiger partial charge in [-0.3, -0.25) is 14.5 Å².